The maximum atomic E-state index is 13.0. The third-order valence-electron chi connectivity index (χ3n) is 4.69. The van der Waals surface area contributed by atoms with E-state index in [0.29, 0.717) is 5.69 Å². The van der Waals surface area contributed by atoms with Gasteiger partial charge in [-0.05, 0) is 37.1 Å². The Balaban J connectivity index is 1.50. The molecular formula is C19H16N4OS. The number of hydrogen-bond acceptors (Lipinski definition) is 4. The lowest BCUT2D eigenvalue weighted by Gasteiger charge is -2.22. The number of pyridine rings is 1. The lowest BCUT2D eigenvalue weighted by atomic mass is 10.2. The molecule has 124 valence electrons. The van der Waals surface area contributed by atoms with E-state index in [4.69, 9.17) is 4.98 Å². The van der Waals surface area contributed by atoms with Gasteiger partial charge in [0, 0.05) is 18.9 Å². The maximum Gasteiger partial charge on any atom is 0.274 e. The molecule has 1 aromatic carbocycles. The highest BCUT2D eigenvalue weighted by molar-refractivity contribution is 7.18. The Hall–Kier alpha value is -2.73. The van der Waals surface area contributed by atoms with Crippen molar-refractivity contribution >= 4 is 33.1 Å². The van der Waals surface area contributed by atoms with Crippen LogP contribution < -0.4 is 0 Å². The third kappa shape index (κ3) is 2.41. The summed E-state index contributed by atoms with van der Waals surface area (Å²) in [4.78, 5) is 24.2. The van der Waals surface area contributed by atoms with Gasteiger partial charge in [0.2, 0.25) is 0 Å². The van der Waals surface area contributed by atoms with Crippen molar-refractivity contribution < 1.29 is 4.79 Å². The summed E-state index contributed by atoms with van der Waals surface area (Å²) in [5, 5.41) is 1.02. The van der Waals surface area contributed by atoms with Crippen LogP contribution in [0.1, 0.15) is 34.4 Å². The Bertz CT molecular complexity index is 1020. The monoisotopic (exact) mass is 348 g/mol. The van der Waals surface area contributed by atoms with E-state index in [1.165, 1.54) is 4.70 Å². The van der Waals surface area contributed by atoms with Gasteiger partial charge in [0.25, 0.3) is 5.91 Å². The molecule has 0 bridgehead atoms. The van der Waals surface area contributed by atoms with Gasteiger partial charge in [-0.2, -0.15) is 0 Å². The predicted octanol–water partition coefficient (Wildman–Crippen LogP) is 3.92. The highest BCUT2D eigenvalue weighted by atomic mass is 32.1. The van der Waals surface area contributed by atoms with Crippen LogP contribution in [0.5, 0.6) is 0 Å². The van der Waals surface area contributed by atoms with Crippen LogP contribution in [-0.4, -0.2) is 31.7 Å². The van der Waals surface area contributed by atoms with E-state index < -0.39 is 0 Å². The molecule has 0 aliphatic carbocycles. The number of imidazole rings is 1. The van der Waals surface area contributed by atoms with Crippen molar-refractivity contribution in [3.63, 3.8) is 0 Å². The van der Waals surface area contributed by atoms with E-state index in [0.717, 1.165) is 35.6 Å². The Labute approximate surface area is 148 Å². The average molecular weight is 348 g/mol. The van der Waals surface area contributed by atoms with Crippen molar-refractivity contribution in [1.82, 2.24) is 19.3 Å². The molecule has 1 fully saturated rings. The molecule has 0 N–H and O–H groups in total. The molecule has 0 saturated carbocycles. The van der Waals surface area contributed by atoms with E-state index >= 15 is 0 Å². The normalized spacial score (nSPS) is 17.6. The smallest absolute Gasteiger partial charge is 0.274 e. The highest BCUT2D eigenvalue weighted by Crippen LogP contribution is 2.37. The molecule has 1 saturated heterocycles. The number of likely N-dealkylation sites (tertiary alicyclic amines) is 1. The second-order valence-electron chi connectivity index (χ2n) is 6.27. The summed E-state index contributed by atoms with van der Waals surface area (Å²) >= 11 is 1.69. The van der Waals surface area contributed by atoms with Crippen molar-refractivity contribution in [1.29, 1.82) is 0 Å². The molecule has 0 radical (unpaired) electrons. The Morgan fingerprint density at radius 1 is 1.12 bits per heavy atom. The topological polar surface area (TPSA) is 50.5 Å². The molecule has 1 aliphatic rings. The molecule has 3 aromatic heterocycles. The van der Waals surface area contributed by atoms with Crippen LogP contribution in [0.15, 0.2) is 54.9 Å². The molecule has 5 nitrogen and oxygen atoms in total. The number of para-hydroxylation sites is 1. The molecule has 0 spiro atoms. The van der Waals surface area contributed by atoms with Crippen molar-refractivity contribution in [3.05, 3.63) is 65.6 Å². The number of aromatic nitrogens is 3. The standard InChI is InChI=1S/C19H16N4OS/c24-19(14-12-22-10-4-3-9-17(22)20-14)23-11-5-7-15(23)18-21-13-6-1-2-8-16(13)25-18/h1-4,6,8-10,12,15H,5,7,11H2/t15-/m1/s1. The third-order valence-corrected chi connectivity index (χ3v) is 5.83. The predicted molar refractivity (Wildman–Crippen MR) is 97.8 cm³/mol. The summed E-state index contributed by atoms with van der Waals surface area (Å²) in [7, 11) is 0. The number of hydrogen-bond donors (Lipinski definition) is 0. The molecule has 1 amide bonds. The lowest BCUT2D eigenvalue weighted by Crippen LogP contribution is -2.30. The van der Waals surface area contributed by atoms with Crippen LogP contribution >= 0.6 is 11.3 Å². The summed E-state index contributed by atoms with van der Waals surface area (Å²) in [6.45, 7) is 0.757. The van der Waals surface area contributed by atoms with Crippen LogP contribution in [0, 0.1) is 0 Å². The summed E-state index contributed by atoms with van der Waals surface area (Å²) < 4.78 is 3.06. The zero-order valence-electron chi connectivity index (χ0n) is 13.5. The molecule has 1 aliphatic heterocycles. The first-order valence-corrected chi connectivity index (χ1v) is 9.21. The molecule has 4 aromatic rings. The number of nitrogens with zero attached hydrogens (tertiary/aromatic N) is 4. The Morgan fingerprint density at radius 2 is 2.00 bits per heavy atom. The van der Waals surface area contributed by atoms with Gasteiger partial charge in [-0.15, -0.1) is 11.3 Å². The van der Waals surface area contributed by atoms with Crippen LogP contribution in [-0.2, 0) is 0 Å². The maximum absolute atomic E-state index is 13.0. The number of carbonyl (C=O) groups excluding carboxylic acids is 1. The van der Waals surface area contributed by atoms with Crippen LogP contribution in [0.3, 0.4) is 0 Å². The minimum atomic E-state index is -0.00884. The zero-order chi connectivity index (χ0) is 16.8. The number of fused-ring (bicyclic) bond motifs is 2. The highest BCUT2D eigenvalue weighted by Gasteiger charge is 2.33. The van der Waals surface area contributed by atoms with Crippen LogP contribution in [0.2, 0.25) is 0 Å². The zero-order valence-corrected chi connectivity index (χ0v) is 14.3. The van der Waals surface area contributed by atoms with Crippen LogP contribution in [0.4, 0.5) is 0 Å². The Morgan fingerprint density at radius 3 is 2.88 bits per heavy atom. The summed E-state index contributed by atoms with van der Waals surface area (Å²) in [6.07, 6.45) is 5.68. The second kappa shape index (κ2) is 5.67. The number of rotatable bonds is 2. The van der Waals surface area contributed by atoms with Crippen molar-refractivity contribution in [2.45, 2.75) is 18.9 Å². The van der Waals surface area contributed by atoms with Crippen LogP contribution in [0.25, 0.3) is 15.9 Å². The molecule has 25 heavy (non-hydrogen) atoms. The van der Waals surface area contributed by atoms with Gasteiger partial charge in [-0.3, -0.25) is 4.79 Å². The van der Waals surface area contributed by atoms with Gasteiger partial charge in [0.1, 0.15) is 16.3 Å². The molecule has 5 rings (SSSR count). The van der Waals surface area contributed by atoms with Crippen molar-refractivity contribution in [2.75, 3.05) is 6.54 Å². The van der Waals surface area contributed by atoms with E-state index in [1.807, 2.05) is 58.1 Å². The van der Waals surface area contributed by atoms with Gasteiger partial charge >= 0.3 is 0 Å². The number of thiazole rings is 1. The summed E-state index contributed by atoms with van der Waals surface area (Å²) in [5.74, 6) is -0.00884. The first kappa shape index (κ1) is 14.6. The lowest BCUT2D eigenvalue weighted by molar-refractivity contribution is 0.0730. The second-order valence-corrected chi connectivity index (χ2v) is 7.33. The fraction of sp³-hybridized carbons (Fsp3) is 0.211. The van der Waals surface area contributed by atoms with E-state index in [9.17, 15) is 4.79 Å². The number of benzene rings is 1. The van der Waals surface area contributed by atoms with Gasteiger partial charge in [-0.1, -0.05) is 18.2 Å². The molecule has 4 heterocycles. The quantitative estimate of drug-likeness (QED) is 0.552. The van der Waals surface area contributed by atoms with E-state index in [1.54, 1.807) is 11.3 Å². The fourth-order valence-corrected chi connectivity index (χ4v) is 4.60. The summed E-state index contributed by atoms with van der Waals surface area (Å²) in [6, 6.07) is 14.0. The molecular weight excluding hydrogens is 332 g/mol. The van der Waals surface area contributed by atoms with Gasteiger partial charge in [0.05, 0.1) is 16.3 Å². The largest absolute Gasteiger partial charge is 0.328 e. The SMILES string of the molecule is O=C(c1cn2ccccc2n1)N1CCC[C@@H]1c1nc2ccccc2s1. The molecule has 0 unspecified atom stereocenters. The van der Waals surface area contributed by atoms with Gasteiger partial charge in [0.15, 0.2) is 0 Å². The first-order valence-electron chi connectivity index (χ1n) is 8.40. The number of carbonyl (C=O) groups is 1. The minimum absolute atomic E-state index is 0.00884. The van der Waals surface area contributed by atoms with Gasteiger partial charge < -0.3 is 9.30 Å². The van der Waals surface area contributed by atoms with E-state index in [2.05, 4.69) is 11.1 Å². The van der Waals surface area contributed by atoms with Crippen molar-refractivity contribution in [3.8, 4) is 0 Å². The number of amides is 1. The van der Waals surface area contributed by atoms with Crippen molar-refractivity contribution in [2.24, 2.45) is 0 Å². The average Bonchev–Trinajstić information content (AvgIpc) is 3.36. The Kier molecular flexibility index (Phi) is 3.31. The molecule has 6 heteroatoms. The van der Waals surface area contributed by atoms with Gasteiger partial charge in [-0.25, -0.2) is 9.97 Å². The minimum Gasteiger partial charge on any atom is -0.328 e. The summed E-state index contributed by atoms with van der Waals surface area (Å²) in [5.41, 5.74) is 2.30. The first-order chi connectivity index (χ1) is 12.3. The van der Waals surface area contributed by atoms with E-state index in [-0.39, 0.29) is 11.9 Å². The molecule has 1 atom stereocenters. The fourth-order valence-electron chi connectivity index (χ4n) is 3.48.